The zero-order valence-corrected chi connectivity index (χ0v) is 21.0. The summed E-state index contributed by atoms with van der Waals surface area (Å²) in [5.41, 5.74) is 1.97. The van der Waals surface area contributed by atoms with Gasteiger partial charge in [-0.1, -0.05) is 18.6 Å². The molecule has 5 rings (SSSR count). The van der Waals surface area contributed by atoms with Crippen LogP contribution in [-0.4, -0.2) is 56.8 Å². The molecule has 8 nitrogen and oxygen atoms in total. The molecule has 0 saturated carbocycles. The van der Waals surface area contributed by atoms with Crippen LogP contribution in [0.25, 0.3) is 0 Å². The molecule has 3 heterocycles. The smallest absolute Gasteiger partial charge is 0.250 e. The molecule has 1 unspecified atom stereocenters. The molecule has 0 bridgehead atoms. The van der Waals surface area contributed by atoms with Crippen LogP contribution in [0.2, 0.25) is 0 Å². The van der Waals surface area contributed by atoms with Crippen molar-refractivity contribution < 1.29 is 22.4 Å². The minimum Gasteiger partial charge on any atom is -0.358 e. The Kier molecular flexibility index (Phi) is 6.98. The summed E-state index contributed by atoms with van der Waals surface area (Å²) >= 11 is 0. The van der Waals surface area contributed by atoms with Crippen molar-refractivity contribution in [2.24, 2.45) is 0 Å². The van der Waals surface area contributed by atoms with Crippen molar-refractivity contribution in [3.63, 3.8) is 0 Å². The molecule has 0 aliphatic carbocycles. The number of nitrogens with one attached hydrogen (secondary N) is 1. The number of sulfonamides is 1. The van der Waals surface area contributed by atoms with Crippen LogP contribution in [-0.2, 0) is 26.2 Å². The van der Waals surface area contributed by atoms with Crippen molar-refractivity contribution in [1.82, 2.24) is 9.62 Å². The minimum absolute atomic E-state index is 0.142. The van der Waals surface area contributed by atoms with Gasteiger partial charge in [0.2, 0.25) is 21.8 Å². The third kappa shape index (κ3) is 4.84. The summed E-state index contributed by atoms with van der Waals surface area (Å²) in [6.07, 6.45) is 5.25. The van der Waals surface area contributed by atoms with Gasteiger partial charge in [-0.05, 0) is 68.0 Å². The highest BCUT2D eigenvalue weighted by Gasteiger charge is 2.41. The molecular weight excluding hydrogens is 483 g/mol. The summed E-state index contributed by atoms with van der Waals surface area (Å²) in [5.74, 6) is -0.910. The van der Waals surface area contributed by atoms with Crippen LogP contribution in [0.1, 0.15) is 44.1 Å². The Bertz CT molecular complexity index is 1250. The Morgan fingerprint density at radius 2 is 1.67 bits per heavy atom. The summed E-state index contributed by atoms with van der Waals surface area (Å²) < 4.78 is 41.4. The molecule has 3 aliphatic rings. The van der Waals surface area contributed by atoms with Crippen molar-refractivity contribution >= 4 is 33.2 Å². The maximum Gasteiger partial charge on any atom is 0.250 e. The first-order chi connectivity index (χ1) is 17.3. The molecule has 0 radical (unpaired) electrons. The standard InChI is InChI=1S/C26H31FN4O4S/c27-20-9-7-19(8-10-20)17-28-25(32)18-31-24-16-21(36(34,35)29-13-3-1-4-14-29)11-12-22(24)30-15-5-2-6-23(30)26(31)33/h7-12,16,23H,1-6,13-15,17-18H2,(H,28,32). The summed E-state index contributed by atoms with van der Waals surface area (Å²) in [6, 6.07) is 10.4. The first kappa shape index (κ1) is 24.7. The molecule has 0 spiro atoms. The lowest BCUT2D eigenvalue weighted by Crippen LogP contribution is -2.57. The highest BCUT2D eigenvalue weighted by atomic mass is 32.2. The number of carbonyl (C=O) groups is 2. The Labute approximate surface area is 211 Å². The van der Waals surface area contributed by atoms with Gasteiger partial charge in [0.1, 0.15) is 18.4 Å². The third-order valence-electron chi connectivity index (χ3n) is 7.26. The van der Waals surface area contributed by atoms with Crippen LogP contribution >= 0.6 is 0 Å². The highest BCUT2D eigenvalue weighted by Crippen LogP contribution is 2.41. The second-order valence-electron chi connectivity index (χ2n) is 9.65. The second kappa shape index (κ2) is 10.2. The van der Waals surface area contributed by atoms with E-state index in [2.05, 4.69) is 5.32 Å². The van der Waals surface area contributed by atoms with Gasteiger partial charge in [0.25, 0.3) is 0 Å². The quantitative estimate of drug-likeness (QED) is 0.640. The predicted octanol–water partition coefficient (Wildman–Crippen LogP) is 3.02. The number of fused-ring (bicyclic) bond motifs is 3. The lowest BCUT2D eigenvalue weighted by Gasteiger charge is -2.45. The van der Waals surface area contributed by atoms with E-state index in [0.29, 0.717) is 31.7 Å². The molecule has 1 atom stereocenters. The largest absolute Gasteiger partial charge is 0.358 e. The molecule has 2 aromatic carbocycles. The lowest BCUT2D eigenvalue weighted by molar-refractivity contribution is -0.125. The Morgan fingerprint density at radius 1 is 0.944 bits per heavy atom. The average molecular weight is 515 g/mol. The van der Waals surface area contributed by atoms with Crippen molar-refractivity contribution in [3.05, 3.63) is 53.8 Å². The number of nitrogens with zero attached hydrogens (tertiary/aromatic N) is 3. The minimum atomic E-state index is -3.70. The third-order valence-corrected chi connectivity index (χ3v) is 9.15. The molecule has 3 aliphatic heterocycles. The molecule has 192 valence electrons. The molecule has 2 fully saturated rings. The highest BCUT2D eigenvalue weighted by molar-refractivity contribution is 7.89. The first-order valence-electron chi connectivity index (χ1n) is 12.6. The monoisotopic (exact) mass is 514 g/mol. The Morgan fingerprint density at radius 3 is 2.42 bits per heavy atom. The van der Waals surface area contributed by atoms with E-state index in [1.165, 1.54) is 21.3 Å². The zero-order chi connectivity index (χ0) is 25.3. The fourth-order valence-corrected chi connectivity index (χ4v) is 6.86. The number of hydrogen-bond acceptors (Lipinski definition) is 5. The molecular formula is C26H31FN4O4S. The average Bonchev–Trinajstić information content (AvgIpc) is 2.91. The maximum absolute atomic E-state index is 13.5. The SMILES string of the molecule is O=C(CN1C(=O)C2CCCCN2c2ccc(S(=O)(=O)N3CCCCC3)cc21)NCc1ccc(F)cc1. The number of anilines is 2. The van der Waals surface area contributed by atoms with E-state index >= 15 is 0 Å². The molecule has 2 aromatic rings. The fraction of sp³-hybridized carbons (Fsp3) is 0.462. The van der Waals surface area contributed by atoms with Crippen molar-refractivity contribution in [2.75, 3.05) is 36.0 Å². The van der Waals surface area contributed by atoms with E-state index in [4.69, 9.17) is 0 Å². The summed E-state index contributed by atoms with van der Waals surface area (Å²) in [6.45, 7) is 1.67. The van der Waals surface area contributed by atoms with Crippen LogP contribution in [0, 0.1) is 5.82 Å². The normalized spacial score (nSPS) is 20.6. The van der Waals surface area contributed by atoms with Crippen LogP contribution in [0.4, 0.5) is 15.8 Å². The number of halogens is 1. The van der Waals surface area contributed by atoms with E-state index in [1.807, 2.05) is 4.90 Å². The second-order valence-corrected chi connectivity index (χ2v) is 11.6. The van der Waals surface area contributed by atoms with E-state index in [9.17, 15) is 22.4 Å². The number of hydrogen-bond donors (Lipinski definition) is 1. The van der Waals surface area contributed by atoms with Gasteiger partial charge in [-0.15, -0.1) is 0 Å². The van der Waals surface area contributed by atoms with Crippen LogP contribution < -0.4 is 15.1 Å². The van der Waals surface area contributed by atoms with E-state index in [1.54, 1.807) is 30.3 Å². The van der Waals surface area contributed by atoms with E-state index < -0.39 is 10.0 Å². The van der Waals surface area contributed by atoms with Gasteiger partial charge in [-0.2, -0.15) is 4.31 Å². The predicted molar refractivity (Wildman–Crippen MR) is 135 cm³/mol. The molecule has 1 N–H and O–H groups in total. The van der Waals surface area contributed by atoms with E-state index in [-0.39, 0.29) is 41.7 Å². The number of benzene rings is 2. The van der Waals surface area contributed by atoms with Crippen LogP contribution in [0.3, 0.4) is 0 Å². The summed E-state index contributed by atoms with van der Waals surface area (Å²) in [5, 5.41) is 2.79. The van der Waals surface area contributed by atoms with Gasteiger partial charge in [0, 0.05) is 26.2 Å². The topological polar surface area (TPSA) is 90.0 Å². The van der Waals surface area contributed by atoms with Crippen molar-refractivity contribution in [3.8, 4) is 0 Å². The van der Waals surface area contributed by atoms with E-state index in [0.717, 1.165) is 43.4 Å². The molecule has 2 amide bonds. The Balaban J connectivity index is 1.42. The van der Waals surface area contributed by atoms with Crippen molar-refractivity contribution in [2.45, 2.75) is 56.0 Å². The van der Waals surface area contributed by atoms with Gasteiger partial charge in [0.05, 0.1) is 16.3 Å². The number of carbonyl (C=O) groups excluding carboxylic acids is 2. The lowest BCUT2D eigenvalue weighted by atomic mass is 9.96. The number of piperidine rings is 2. The molecule has 0 aromatic heterocycles. The van der Waals surface area contributed by atoms with Gasteiger partial charge in [-0.25, -0.2) is 12.8 Å². The van der Waals surface area contributed by atoms with Gasteiger partial charge in [-0.3, -0.25) is 14.5 Å². The van der Waals surface area contributed by atoms with Crippen LogP contribution in [0.5, 0.6) is 0 Å². The number of rotatable bonds is 6. The molecule has 2 saturated heterocycles. The summed E-state index contributed by atoms with van der Waals surface area (Å²) in [7, 11) is -3.70. The van der Waals surface area contributed by atoms with Gasteiger partial charge in [0.15, 0.2) is 0 Å². The first-order valence-corrected chi connectivity index (χ1v) is 14.0. The maximum atomic E-state index is 13.5. The zero-order valence-electron chi connectivity index (χ0n) is 20.2. The number of amides is 2. The fourth-order valence-electron chi connectivity index (χ4n) is 5.32. The summed E-state index contributed by atoms with van der Waals surface area (Å²) in [4.78, 5) is 30.0. The van der Waals surface area contributed by atoms with Gasteiger partial charge >= 0.3 is 0 Å². The molecule has 10 heteroatoms. The Hall–Kier alpha value is -2.98. The van der Waals surface area contributed by atoms with Gasteiger partial charge < -0.3 is 10.2 Å². The van der Waals surface area contributed by atoms with Crippen LogP contribution in [0.15, 0.2) is 47.4 Å². The molecule has 36 heavy (non-hydrogen) atoms. The van der Waals surface area contributed by atoms with Crippen molar-refractivity contribution in [1.29, 1.82) is 0 Å².